The molecule has 0 saturated carbocycles. The molecule has 14 heteroatoms. The van der Waals surface area contributed by atoms with E-state index in [1.165, 1.54) is 0 Å². The SMILES string of the molecule is Nc1nc(N)c([N+](=O)[O-])cc1[N+](=O)[O-].O=P(O)(O)O. The second-order valence-corrected chi connectivity index (χ2v) is 3.85. The molecular formula is C5H8N5O8P. The highest BCUT2D eigenvalue weighted by Gasteiger charge is 2.22. The van der Waals surface area contributed by atoms with Gasteiger partial charge >= 0.3 is 19.2 Å². The number of nitro groups is 2. The molecule has 13 nitrogen and oxygen atoms in total. The van der Waals surface area contributed by atoms with Gasteiger partial charge in [0, 0.05) is 0 Å². The maximum Gasteiger partial charge on any atom is 0.466 e. The van der Waals surface area contributed by atoms with Crippen LogP contribution in [0.3, 0.4) is 0 Å². The Kier molecular flexibility index (Phi) is 5.27. The quantitative estimate of drug-likeness (QED) is 0.256. The van der Waals surface area contributed by atoms with Crippen LogP contribution < -0.4 is 11.5 Å². The molecule has 1 aromatic rings. The first-order valence-corrected chi connectivity index (χ1v) is 5.63. The topological polar surface area (TPSA) is 229 Å². The molecule has 0 atom stereocenters. The smallest absolute Gasteiger partial charge is 0.378 e. The summed E-state index contributed by atoms with van der Waals surface area (Å²) in [4.78, 5) is 43.8. The molecule has 0 aromatic carbocycles. The Labute approximate surface area is 104 Å². The van der Waals surface area contributed by atoms with E-state index in [-0.39, 0.29) is 0 Å². The molecule has 0 bridgehead atoms. The van der Waals surface area contributed by atoms with Gasteiger partial charge < -0.3 is 26.1 Å². The fourth-order valence-corrected chi connectivity index (χ4v) is 0.814. The van der Waals surface area contributed by atoms with Crippen molar-refractivity contribution in [3.8, 4) is 0 Å². The molecule has 1 heterocycles. The average Bonchev–Trinajstić information content (AvgIpc) is 2.13. The summed E-state index contributed by atoms with van der Waals surface area (Å²) in [6.45, 7) is 0. The summed E-state index contributed by atoms with van der Waals surface area (Å²) < 4.78 is 8.88. The van der Waals surface area contributed by atoms with Crippen molar-refractivity contribution in [3.63, 3.8) is 0 Å². The van der Waals surface area contributed by atoms with Crippen LogP contribution in [0.1, 0.15) is 0 Å². The minimum absolute atomic E-state index is 0.446. The number of pyridine rings is 1. The van der Waals surface area contributed by atoms with E-state index in [0.29, 0.717) is 6.07 Å². The molecule has 0 radical (unpaired) electrons. The lowest BCUT2D eigenvalue weighted by molar-refractivity contribution is -0.393. The zero-order chi connectivity index (χ0) is 15.4. The number of nitrogens with two attached hydrogens (primary N) is 2. The van der Waals surface area contributed by atoms with Crippen LogP contribution in [0.5, 0.6) is 0 Å². The van der Waals surface area contributed by atoms with Gasteiger partial charge in [0.1, 0.15) is 6.07 Å². The van der Waals surface area contributed by atoms with Gasteiger partial charge in [-0.1, -0.05) is 0 Å². The number of aromatic nitrogens is 1. The number of nitrogens with zero attached hydrogens (tertiary/aromatic N) is 3. The predicted molar refractivity (Wildman–Crippen MR) is 60.6 cm³/mol. The summed E-state index contributed by atoms with van der Waals surface area (Å²) in [5.74, 6) is -0.892. The van der Waals surface area contributed by atoms with Gasteiger partial charge in [-0.2, -0.15) is 0 Å². The first kappa shape index (κ1) is 16.7. The first-order chi connectivity index (χ1) is 8.43. The second kappa shape index (κ2) is 6.01. The van der Waals surface area contributed by atoms with E-state index in [2.05, 4.69) is 4.98 Å². The van der Waals surface area contributed by atoms with Crippen molar-refractivity contribution in [2.45, 2.75) is 0 Å². The van der Waals surface area contributed by atoms with Gasteiger partial charge in [-0.05, 0) is 0 Å². The molecule has 0 fully saturated rings. The van der Waals surface area contributed by atoms with Crippen molar-refractivity contribution in [3.05, 3.63) is 26.3 Å². The van der Waals surface area contributed by atoms with Crippen molar-refractivity contribution < 1.29 is 29.1 Å². The van der Waals surface area contributed by atoms with Crippen molar-refractivity contribution >= 4 is 30.8 Å². The van der Waals surface area contributed by atoms with Crippen LogP contribution in [0, 0.1) is 20.2 Å². The number of anilines is 2. The molecular weight excluding hydrogens is 289 g/mol. The third-order valence-corrected chi connectivity index (χ3v) is 1.43. The van der Waals surface area contributed by atoms with Crippen LogP contribution in [0.4, 0.5) is 23.0 Å². The van der Waals surface area contributed by atoms with Crippen LogP contribution in [-0.2, 0) is 4.57 Å². The van der Waals surface area contributed by atoms with Crippen molar-refractivity contribution in [1.29, 1.82) is 0 Å². The number of nitrogen functional groups attached to an aromatic ring is 2. The van der Waals surface area contributed by atoms with E-state index in [0.717, 1.165) is 0 Å². The Bertz CT molecular complexity index is 511. The lowest BCUT2D eigenvalue weighted by Gasteiger charge is -1.98. The van der Waals surface area contributed by atoms with Crippen LogP contribution in [-0.4, -0.2) is 29.5 Å². The van der Waals surface area contributed by atoms with Gasteiger partial charge in [0.25, 0.3) is 0 Å². The molecule has 0 aliphatic rings. The molecule has 0 spiro atoms. The highest BCUT2D eigenvalue weighted by atomic mass is 31.2. The predicted octanol–water partition coefficient (Wildman–Crippen LogP) is -0.866. The Morgan fingerprint density at radius 2 is 1.32 bits per heavy atom. The molecule has 0 amide bonds. The molecule has 7 N–H and O–H groups in total. The normalized spacial score (nSPS) is 10.3. The van der Waals surface area contributed by atoms with E-state index >= 15 is 0 Å². The van der Waals surface area contributed by atoms with Gasteiger partial charge in [0.05, 0.1) is 9.85 Å². The molecule has 1 rings (SSSR count). The largest absolute Gasteiger partial charge is 0.466 e. The van der Waals surface area contributed by atoms with E-state index in [1.807, 2.05) is 0 Å². The van der Waals surface area contributed by atoms with Gasteiger partial charge in [-0.15, -0.1) is 0 Å². The van der Waals surface area contributed by atoms with Crippen molar-refractivity contribution in [2.24, 2.45) is 0 Å². The number of rotatable bonds is 2. The standard InChI is InChI=1S/C5H5N5O4.H3O4P/c6-4-2(9(11)12)1-3(10(13)14)5(7)8-4;1-5(2,3)4/h1H,(H4,6,7,8);(H3,1,2,3,4). The molecule has 0 unspecified atom stereocenters. The first-order valence-electron chi connectivity index (χ1n) is 4.06. The Balaban J connectivity index is 0.000000555. The zero-order valence-corrected chi connectivity index (χ0v) is 9.80. The van der Waals surface area contributed by atoms with E-state index in [1.54, 1.807) is 0 Å². The van der Waals surface area contributed by atoms with Crippen LogP contribution in [0.2, 0.25) is 0 Å². The van der Waals surface area contributed by atoms with Crippen molar-refractivity contribution in [2.75, 3.05) is 11.5 Å². The minimum Gasteiger partial charge on any atom is -0.378 e. The van der Waals surface area contributed by atoms with Crippen LogP contribution in [0.15, 0.2) is 6.07 Å². The fourth-order valence-electron chi connectivity index (χ4n) is 0.814. The molecule has 1 aromatic heterocycles. The Morgan fingerprint density at radius 3 is 1.53 bits per heavy atom. The molecule has 19 heavy (non-hydrogen) atoms. The van der Waals surface area contributed by atoms with Gasteiger partial charge in [0.2, 0.25) is 11.6 Å². The zero-order valence-electron chi connectivity index (χ0n) is 8.90. The maximum atomic E-state index is 10.3. The fraction of sp³-hybridized carbons (Fsp3) is 0. The molecule has 0 saturated heterocycles. The number of hydrogen-bond donors (Lipinski definition) is 5. The Hall–Kier alpha value is -2.34. The Morgan fingerprint density at radius 1 is 1.05 bits per heavy atom. The highest BCUT2D eigenvalue weighted by Crippen LogP contribution is 2.28. The van der Waals surface area contributed by atoms with Crippen LogP contribution >= 0.6 is 7.82 Å². The summed E-state index contributed by atoms with van der Waals surface area (Å²) in [7, 11) is -4.64. The average molecular weight is 297 g/mol. The number of hydrogen-bond acceptors (Lipinski definition) is 8. The summed E-state index contributed by atoms with van der Waals surface area (Å²) in [6, 6.07) is 0.678. The summed E-state index contributed by atoms with van der Waals surface area (Å²) in [5, 5.41) is 20.7. The maximum absolute atomic E-state index is 10.3. The van der Waals surface area contributed by atoms with Crippen LogP contribution in [0.25, 0.3) is 0 Å². The third kappa shape index (κ3) is 6.23. The lowest BCUT2D eigenvalue weighted by atomic mass is 10.3. The highest BCUT2D eigenvalue weighted by molar-refractivity contribution is 7.45. The second-order valence-electron chi connectivity index (χ2n) is 2.82. The van der Waals surface area contributed by atoms with E-state index < -0.39 is 40.7 Å². The molecule has 0 aliphatic heterocycles. The summed E-state index contributed by atoms with van der Waals surface area (Å²) in [5.41, 5.74) is 9.01. The molecule has 106 valence electrons. The lowest BCUT2D eigenvalue weighted by Crippen LogP contribution is -2.04. The van der Waals surface area contributed by atoms with Gasteiger partial charge in [0.15, 0.2) is 0 Å². The van der Waals surface area contributed by atoms with Gasteiger partial charge in [-0.25, -0.2) is 9.55 Å². The molecule has 0 aliphatic carbocycles. The minimum atomic E-state index is -4.64. The summed E-state index contributed by atoms with van der Waals surface area (Å²) >= 11 is 0. The van der Waals surface area contributed by atoms with Gasteiger partial charge in [-0.3, -0.25) is 20.2 Å². The van der Waals surface area contributed by atoms with E-state index in [4.69, 9.17) is 30.7 Å². The van der Waals surface area contributed by atoms with E-state index in [9.17, 15) is 20.2 Å². The number of phosphoric acid groups is 1. The summed E-state index contributed by atoms with van der Waals surface area (Å²) in [6.07, 6.45) is 0. The van der Waals surface area contributed by atoms with Crippen molar-refractivity contribution in [1.82, 2.24) is 4.98 Å². The third-order valence-electron chi connectivity index (χ3n) is 1.43. The monoisotopic (exact) mass is 297 g/mol.